The zero-order chi connectivity index (χ0) is 11.1. The highest BCUT2D eigenvalue weighted by Gasteiger charge is 2.21. The van der Waals surface area contributed by atoms with Gasteiger partial charge in [0.2, 0.25) is 0 Å². The molecule has 0 aliphatic carbocycles. The predicted octanol–water partition coefficient (Wildman–Crippen LogP) is 0.690. The van der Waals surface area contributed by atoms with Crippen molar-refractivity contribution >= 4 is 5.97 Å². The Kier molecular flexibility index (Phi) is 5.65. The van der Waals surface area contributed by atoms with Gasteiger partial charge >= 0.3 is 5.97 Å². The van der Waals surface area contributed by atoms with E-state index in [0.29, 0.717) is 25.0 Å². The van der Waals surface area contributed by atoms with Gasteiger partial charge in [0.1, 0.15) is 0 Å². The van der Waals surface area contributed by atoms with Crippen molar-refractivity contribution in [2.24, 2.45) is 5.92 Å². The van der Waals surface area contributed by atoms with E-state index < -0.39 is 0 Å². The minimum Gasteiger partial charge on any atom is -0.466 e. The smallest absolute Gasteiger partial charge is 0.305 e. The van der Waals surface area contributed by atoms with E-state index >= 15 is 0 Å². The lowest BCUT2D eigenvalue weighted by Gasteiger charge is -2.29. The van der Waals surface area contributed by atoms with Gasteiger partial charge in [-0.05, 0) is 38.6 Å². The molecule has 0 bridgehead atoms. The second-order valence-electron chi connectivity index (χ2n) is 4.07. The van der Waals surface area contributed by atoms with Crippen LogP contribution in [0.4, 0.5) is 0 Å². The molecular weight excluding hydrogens is 194 g/mol. The molecule has 0 aromatic rings. The first-order chi connectivity index (χ1) is 7.26. The van der Waals surface area contributed by atoms with Gasteiger partial charge in [0, 0.05) is 19.1 Å². The molecule has 4 heteroatoms. The summed E-state index contributed by atoms with van der Waals surface area (Å²) in [5.74, 6) is 0.281. The highest BCUT2D eigenvalue weighted by Crippen LogP contribution is 2.18. The van der Waals surface area contributed by atoms with Gasteiger partial charge in [-0.15, -0.1) is 0 Å². The third kappa shape index (κ3) is 4.62. The molecule has 2 atom stereocenters. The molecule has 0 spiro atoms. The van der Waals surface area contributed by atoms with E-state index in [1.807, 2.05) is 6.92 Å². The number of ether oxygens (including phenoxy) is 1. The lowest BCUT2D eigenvalue weighted by molar-refractivity contribution is -0.143. The topological polar surface area (TPSA) is 58.6 Å². The van der Waals surface area contributed by atoms with Crippen LogP contribution in [0.1, 0.15) is 32.6 Å². The molecule has 2 unspecified atom stereocenters. The van der Waals surface area contributed by atoms with Gasteiger partial charge in [-0.3, -0.25) is 4.79 Å². The summed E-state index contributed by atoms with van der Waals surface area (Å²) in [5, 5.41) is 12.4. The highest BCUT2D eigenvalue weighted by molar-refractivity contribution is 5.69. The predicted molar refractivity (Wildman–Crippen MR) is 57.5 cm³/mol. The van der Waals surface area contributed by atoms with Crippen LogP contribution in [0, 0.1) is 5.92 Å². The van der Waals surface area contributed by atoms with Crippen LogP contribution in [-0.4, -0.2) is 36.9 Å². The normalized spacial score (nSPS) is 26.3. The van der Waals surface area contributed by atoms with Gasteiger partial charge in [-0.2, -0.15) is 0 Å². The van der Waals surface area contributed by atoms with Crippen LogP contribution in [0.5, 0.6) is 0 Å². The summed E-state index contributed by atoms with van der Waals surface area (Å²) in [6.45, 7) is 3.48. The Morgan fingerprint density at radius 3 is 3.07 bits per heavy atom. The maximum Gasteiger partial charge on any atom is 0.305 e. The summed E-state index contributed by atoms with van der Waals surface area (Å²) >= 11 is 0. The molecule has 1 aliphatic heterocycles. The Morgan fingerprint density at radius 1 is 1.60 bits per heavy atom. The number of aliphatic hydroxyl groups is 1. The fourth-order valence-corrected chi connectivity index (χ4v) is 2.01. The third-order valence-corrected chi connectivity index (χ3v) is 2.86. The number of hydrogen-bond donors (Lipinski definition) is 2. The van der Waals surface area contributed by atoms with Gasteiger partial charge < -0.3 is 15.2 Å². The molecule has 1 saturated heterocycles. The Hall–Kier alpha value is -0.610. The van der Waals surface area contributed by atoms with Crippen molar-refractivity contribution < 1.29 is 14.6 Å². The van der Waals surface area contributed by atoms with E-state index in [1.54, 1.807) is 0 Å². The summed E-state index contributed by atoms with van der Waals surface area (Å²) < 4.78 is 4.87. The molecule has 0 aromatic carbocycles. The lowest BCUT2D eigenvalue weighted by Crippen LogP contribution is -2.39. The maximum absolute atomic E-state index is 11.1. The molecule has 0 saturated carbocycles. The summed E-state index contributed by atoms with van der Waals surface area (Å²) in [6, 6.07) is 0.361. The Balaban J connectivity index is 2.17. The summed E-state index contributed by atoms with van der Waals surface area (Å²) in [6.07, 6.45) is 3.29. The van der Waals surface area contributed by atoms with Crippen LogP contribution in [-0.2, 0) is 9.53 Å². The molecule has 88 valence electrons. The number of rotatable bonds is 5. The van der Waals surface area contributed by atoms with Crippen LogP contribution in [0.15, 0.2) is 0 Å². The Labute approximate surface area is 91.0 Å². The van der Waals surface area contributed by atoms with Crippen molar-refractivity contribution in [2.45, 2.75) is 38.6 Å². The van der Waals surface area contributed by atoms with E-state index in [2.05, 4.69) is 5.32 Å². The van der Waals surface area contributed by atoms with Crippen LogP contribution >= 0.6 is 0 Å². The van der Waals surface area contributed by atoms with Gasteiger partial charge in [0.15, 0.2) is 0 Å². The van der Waals surface area contributed by atoms with E-state index in [0.717, 1.165) is 25.8 Å². The Bertz CT molecular complexity index is 196. The molecule has 2 N–H and O–H groups in total. The zero-order valence-corrected chi connectivity index (χ0v) is 9.37. The lowest BCUT2D eigenvalue weighted by atomic mass is 9.91. The molecule has 1 heterocycles. The van der Waals surface area contributed by atoms with Gasteiger partial charge in [0.05, 0.1) is 6.61 Å². The molecule has 15 heavy (non-hydrogen) atoms. The minimum atomic E-state index is -0.120. The molecule has 1 fully saturated rings. The summed E-state index contributed by atoms with van der Waals surface area (Å²) in [4.78, 5) is 11.1. The average Bonchev–Trinajstić information content (AvgIpc) is 2.27. The fraction of sp³-hybridized carbons (Fsp3) is 0.909. The molecule has 1 aliphatic rings. The number of piperidine rings is 1. The minimum absolute atomic E-state index is 0.120. The van der Waals surface area contributed by atoms with E-state index in [-0.39, 0.29) is 12.6 Å². The molecule has 0 amide bonds. The largest absolute Gasteiger partial charge is 0.466 e. The van der Waals surface area contributed by atoms with Crippen molar-refractivity contribution in [1.29, 1.82) is 0 Å². The summed E-state index contributed by atoms with van der Waals surface area (Å²) in [7, 11) is 0. The third-order valence-electron chi connectivity index (χ3n) is 2.86. The SMILES string of the molecule is CCOC(=O)CCC1CC(CO)CCN1. The van der Waals surface area contributed by atoms with Crippen molar-refractivity contribution in [2.75, 3.05) is 19.8 Å². The van der Waals surface area contributed by atoms with Crippen molar-refractivity contribution in [3.05, 3.63) is 0 Å². The first-order valence-corrected chi connectivity index (χ1v) is 5.76. The molecular formula is C11H21NO3. The number of carbonyl (C=O) groups excluding carboxylic acids is 1. The van der Waals surface area contributed by atoms with E-state index in [1.165, 1.54) is 0 Å². The monoisotopic (exact) mass is 215 g/mol. The van der Waals surface area contributed by atoms with Crippen LogP contribution < -0.4 is 5.32 Å². The van der Waals surface area contributed by atoms with E-state index in [4.69, 9.17) is 9.84 Å². The molecule has 0 aromatic heterocycles. The number of nitrogens with one attached hydrogen (secondary N) is 1. The fourth-order valence-electron chi connectivity index (χ4n) is 2.01. The number of aliphatic hydroxyl groups excluding tert-OH is 1. The number of carbonyl (C=O) groups is 1. The zero-order valence-electron chi connectivity index (χ0n) is 9.37. The second-order valence-corrected chi connectivity index (χ2v) is 4.07. The average molecular weight is 215 g/mol. The second kappa shape index (κ2) is 6.80. The number of hydrogen-bond acceptors (Lipinski definition) is 4. The number of esters is 1. The maximum atomic E-state index is 11.1. The van der Waals surface area contributed by atoms with Crippen molar-refractivity contribution in [1.82, 2.24) is 5.32 Å². The van der Waals surface area contributed by atoms with Gasteiger partial charge in [0.25, 0.3) is 0 Å². The van der Waals surface area contributed by atoms with Crippen molar-refractivity contribution in [3.63, 3.8) is 0 Å². The van der Waals surface area contributed by atoms with E-state index in [9.17, 15) is 4.79 Å². The van der Waals surface area contributed by atoms with Gasteiger partial charge in [-0.1, -0.05) is 0 Å². The molecule has 0 radical (unpaired) electrons. The quantitative estimate of drug-likeness (QED) is 0.662. The Morgan fingerprint density at radius 2 is 2.40 bits per heavy atom. The van der Waals surface area contributed by atoms with Gasteiger partial charge in [-0.25, -0.2) is 0 Å². The first kappa shape index (κ1) is 12.5. The van der Waals surface area contributed by atoms with Crippen LogP contribution in [0.2, 0.25) is 0 Å². The first-order valence-electron chi connectivity index (χ1n) is 5.76. The highest BCUT2D eigenvalue weighted by atomic mass is 16.5. The van der Waals surface area contributed by atoms with Crippen LogP contribution in [0.3, 0.4) is 0 Å². The summed E-state index contributed by atoms with van der Waals surface area (Å²) in [5.41, 5.74) is 0. The van der Waals surface area contributed by atoms with Crippen molar-refractivity contribution in [3.8, 4) is 0 Å². The van der Waals surface area contributed by atoms with Crippen LogP contribution in [0.25, 0.3) is 0 Å². The molecule has 1 rings (SSSR count). The molecule has 4 nitrogen and oxygen atoms in total. The standard InChI is InChI=1S/C11H21NO3/c1-2-15-11(14)4-3-10-7-9(8-13)5-6-12-10/h9-10,12-13H,2-8H2,1H3.